The molecule has 0 bridgehead atoms. The molecule has 17 heavy (non-hydrogen) atoms. The molecule has 2 aromatic rings. The van der Waals surface area contributed by atoms with Gasteiger partial charge < -0.3 is 11.1 Å². The lowest BCUT2D eigenvalue weighted by molar-refractivity contribution is 1.49. The van der Waals surface area contributed by atoms with Crippen LogP contribution >= 0.6 is 47.8 Å². The van der Waals surface area contributed by atoms with Crippen LogP contribution in [0.5, 0.6) is 0 Å². The largest absolute Gasteiger partial charge is 0.397 e. The van der Waals surface area contributed by atoms with Crippen LogP contribution in [-0.2, 0) is 0 Å². The number of rotatable bonds is 2. The lowest BCUT2D eigenvalue weighted by Crippen LogP contribution is -1.97. The van der Waals surface area contributed by atoms with Crippen molar-refractivity contribution in [2.24, 2.45) is 0 Å². The summed E-state index contributed by atoms with van der Waals surface area (Å²) >= 11 is 10.4. The van der Waals surface area contributed by atoms with Gasteiger partial charge >= 0.3 is 0 Å². The Hall–Kier alpha value is -0.520. The standard InChI is InChI=1S/C12H9Br3N2/c13-7-4-5-11(10(16)6-7)17-12-8(14)2-1-3-9(12)15/h1-6,17H,16H2. The summed E-state index contributed by atoms with van der Waals surface area (Å²) in [6, 6.07) is 11.7. The van der Waals surface area contributed by atoms with Crippen molar-refractivity contribution in [2.45, 2.75) is 0 Å². The number of nitrogens with one attached hydrogen (secondary N) is 1. The van der Waals surface area contributed by atoms with Crippen LogP contribution in [0.15, 0.2) is 49.8 Å². The molecule has 5 heteroatoms. The van der Waals surface area contributed by atoms with Gasteiger partial charge in [0.2, 0.25) is 0 Å². The van der Waals surface area contributed by atoms with E-state index in [1.54, 1.807) is 0 Å². The highest BCUT2D eigenvalue weighted by Gasteiger charge is 2.06. The van der Waals surface area contributed by atoms with E-state index in [1.165, 1.54) is 0 Å². The predicted octanol–water partition coefficient (Wildman–Crippen LogP) is 5.30. The highest BCUT2D eigenvalue weighted by molar-refractivity contribution is 9.11. The second-order valence-electron chi connectivity index (χ2n) is 3.45. The number of hydrogen-bond donors (Lipinski definition) is 2. The molecule has 0 aliphatic heterocycles. The van der Waals surface area contributed by atoms with Gasteiger partial charge in [-0.15, -0.1) is 0 Å². The normalized spacial score (nSPS) is 10.3. The zero-order chi connectivity index (χ0) is 12.4. The van der Waals surface area contributed by atoms with E-state index in [9.17, 15) is 0 Å². The number of para-hydroxylation sites is 1. The zero-order valence-corrected chi connectivity index (χ0v) is 13.4. The van der Waals surface area contributed by atoms with Crippen molar-refractivity contribution in [2.75, 3.05) is 11.1 Å². The minimum atomic E-state index is 0.696. The summed E-state index contributed by atoms with van der Waals surface area (Å²) in [4.78, 5) is 0. The van der Waals surface area contributed by atoms with Crippen molar-refractivity contribution < 1.29 is 0 Å². The minimum absolute atomic E-state index is 0.696. The molecule has 0 aromatic heterocycles. The van der Waals surface area contributed by atoms with E-state index < -0.39 is 0 Å². The van der Waals surface area contributed by atoms with Gasteiger partial charge in [-0.2, -0.15) is 0 Å². The molecule has 3 N–H and O–H groups in total. The first-order valence-corrected chi connectivity index (χ1v) is 7.22. The number of nitrogen functional groups attached to an aromatic ring is 1. The minimum Gasteiger partial charge on any atom is -0.397 e. The molecule has 2 rings (SSSR count). The summed E-state index contributed by atoms with van der Waals surface area (Å²) in [6.45, 7) is 0. The van der Waals surface area contributed by atoms with Crippen LogP contribution in [0.25, 0.3) is 0 Å². The van der Waals surface area contributed by atoms with E-state index in [0.717, 1.165) is 24.8 Å². The fraction of sp³-hybridized carbons (Fsp3) is 0. The van der Waals surface area contributed by atoms with Crippen LogP contribution in [0.2, 0.25) is 0 Å². The molecule has 0 unspecified atom stereocenters. The highest BCUT2D eigenvalue weighted by atomic mass is 79.9. The van der Waals surface area contributed by atoms with E-state index in [2.05, 4.69) is 53.1 Å². The molecule has 0 atom stereocenters. The average Bonchev–Trinajstić information content (AvgIpc) is 2.26. The summed E-state index contributed by atoms with van der Waals surface area (Å²) in [7, 11) is 0. The molecule has 0 aliphatic carbocycles. The zero-order valence-electron chi connectivity index (χ0n) is 8.68. The van der Waals surface area contributed by atoms with Crippen LogP contribution in [0.4, 0.5) is 17.1 Å². The Morgan fingerprint density at radius 3 is 2.18 bits per heavy atom. The molecule has 88 valence electrons. The molecule has 0 heterocycles. The number of benzene rings is 2. The lowest BCUT2D eigenvalue weighted by atomic mass is 10.2. The van der Waals surface area contributed by atoms with Crippen molar-refractivity contribution in [3.63, 3.8) is 0 Å². The molecule has 0 saturated heterocycles. The van der Waals surface area contributed by atoms with Crippen molar-refractivity contribution in [3.8, 4) is 0 Å². The monoisotopic (exact) mass is 418 g/mol. The molecule has 0 radical (unpaired) electrons. The predicted molar refractivity (Wildman–Crippen MR) is 83.7 cm³/mol. The third-order valence-electron chi connectivity index (χ3n) is 2.24. The summed E-state index contributed by atoms with van der Waals surface area (Å²) in [5.41, 5.74) is 8.48. The first-order valence-electron chi connectivity index (χ1n) is 4.84. The molecule has 0 aliphatic rings. The van der Waals surface area contributed by atoms with E-state index in [1.807, 2.05) is 36.4 Å². The molecule has 0 amide bonds. The maximum Gasteiger partial charge on any atom is 0.0673 e. The van der Waals surface area contributed by atoms with Crippen LogP contribution in [-0.4, -0.2) is 0 Å². The fourth-order valence-electron chi connectivity index (χ4n) is 1.40. The number of nitrogens with two attached hydrogens (primary N) is 1. The van der Waals surface area contributed by atoms with Gasteiger partial charge in [0.1, 0.15) is 0 Å². The smallest absolute Gasteiger partial charge is 0.0673 e. The van der Waals surface area contributed by atoms with E-state index >= 15 is 0 Å². The fourth-order valence-corrected chi connectivity index (χ4v) is 2.97. The van der Waals surface area contributed by atoms with Gasteiger partial charge in [-0.3, -0.25) is 0 Å². The van der Waals surface area contributed by atoms with Crippen molar-refractivity contribution in [3.05, 3.63) is 49.8 Å². The number of halogens is 3. The molecule has 2 aromatic carbocycles. The van der Waals surface area contributed by atoms with E-state index in [4.69, 9.17) is 5.73 Å². The Labute approximate surface area is 125 Å². The lowest BCUT2D eigenvalue weighted by Gasteiger charge is -2.12. The maximum atomic E-state index is 5.95. The number of anilines is 3. The Kier molecular flexibility index (Phi) is 4.12. The van der Waals surface area contributed by atoms with Crippen molar-refractivity contribution in [1.82, 2.24) is 0 Å². The molecule has 0 fully saturated rings. The summed E-state index contributed by atoms with van der Waals surface area (Å²) in [6.07, 6.45) is 0. The van der Waals surface area contributed by atoms with E-state index in [0.29, 0.717) is 5.69 Å². The Balaban J connectivity index is 2.38. The van der Waals surface area contributed by atoms with Gasteiger partial charge in [0.15, 0.2) is 0 Å². The van der Waals surface area contributed by atoms with Crippen LogP contribution in [0.3, 0.4) is 0 Å². The van der Waals surface area contributed by atoms with E-state index in [-0.39, 0.29) is 0 Å². The van der Waals surface area contributed by atoms with Gasteiger partial charge in [-0.1, -0.05) is 22.0 Å². The van der Waals surface area contributed by atoms with Gasteiger partial charge in [0.05, 0.1) is 17.1 Å². The first-order chi connectivity index (χ1) is 8.08. The quantitative estimate of drug-likeness (QED) is 0.647. The SMILES string of the molecule is Nc1cc(Br)ccc1Nc1c(Br)cccc1Br. The summed E-state index contributed by atoms with van der Waals surface area (Å²) < 4.78 is 2.93. The van der Waals surface area contributed by atoms with Crippen LogP contribution in [0.1, 0.15) is 0 Å². The van der Waals surface area contributed by atoms with Gasteiger partial charge in [0, 0.05) is 13.4 Å². The van der Waals surface area contributed by atoms with Crippen LogP contribution in [0, 0.1) is 0 Å². The molecule has 2 nitrogen and oxygen atoms in total. The summed E-state index contributed by atoms with van der Waals surface area (Å²) in [5, 5.41) is 3.30. The van der Waals surface area contributed by atoms with Crippen molar-refractivity contribution in [1.29, 1.82) is 0 Å². The van der Waals surface area contributed by atoms with Gasteiger partial charge in [0.25, 0.3) is 0 Å². The average molecular weight is 421 g/mol. The molecule has 0 saturated carbocycles. The molecular weight excluding hydrogens is 412 g/mol. The third-order valence-corrected chi connectivity index (χ3v) is 4.05. The Morgan fingerprint density at radius 1 is 0.941 bits per heavy atom. The first kappa shape index (κ1) is 12.9. The maximum absolute atomic E-state index is 5.95. The molecular formula is C12H9Br3N2. The summed E-state index contributed by atoms with van der Waals surface area (Å²) in [5.74, 6) is 0. The second-order valence-corrected chi connectivity index (χ2v) is 6.08. The molecule has 0 spiro atoms. The second kappa shape index (κ2) is 5.42. The van der Waals surface area contributed by atoms with Crippen LogP contribution < -0.4 is 11.1 Å². The topological polar surface area (TPSA) is 38.0 Å². The highest BCUT2D eigenvalue weighted by Crippen LogP contribution is 2.35. The Morgan fingerprint density at radius 2 is 1.59 bits per heavy atom. The third kappa shape index (κ3) is 3.03. The van der Waals surface area contributed by atoms with Crippen molar-refractivity contribution >= 4 is 64.9 Å². The van der Waals surface area contributed by atoms with Gasteiger partial charge in [-0.25, -0.2) is 0 Å². The Bertz CT molecular complexity index is 535. The number of hydrogen-bond acceptors (Lipinski definition) is 2. The van der Waals surface area contributed by atoms with Gasteiger partial charge in [-0.05, 0) is 62.2 Å².